The van der Waals surface area contributed by atoms with E-state index in [2.05, 4.69) is 5.32 Å². The second-order valence-electron chi connectivity index (χ2n) is 6.87. The van der Waals surface area contributed by atoms with Crippen molar-refractivity contribution >= 4 is 34.1 Å². The molecule has 0 aliphatic carbocycles. The van der Waals surface area contributed by atoms with Gasteiger partial charge in [-0.05, 0) is 26.3 Å². The fraction of sp³-hybridized carbons (Fsp3) is 0.381. The molecule has 0 bridgehead atoms. The van der Waals surface area contributed by atoms with E-state index in [0.29, 0.717) is 15.4 Å². The number of anilines is 1. The maximum atomic E-state index is 12.5. The van der Waals surface area contributed by atoms with Crippen LogP contribution in [0.15, 0.2) is 30.3 Å². The molecule has 29 heavy (non-hydrogen) atoms. The number of thiophene rings is 1. The molecule has 7 nitrogen and oxygen atoms in total. The highest BCUT2D eigenvalue weighted by molar-refractivity contribution is 7.18. The Morgan fingerprint density at radius 2 is 1.86 bits per heavy atom. The Kier molecular flexibility index (Phi) is 7.92. The zero-order chi connectivity index (χ0) is 21.6. The number of amides is 2. The third-order valence-corrected chi connectivity index (χ3v) is 5.66. The van der Waals surface area contributed by atoms with Crippen molar-refractivity contribution in [1.82, 2.24) is 4.90 Å². The number of quaternary nitrogens is 1. The lowest BCUT2D eigenvalue weighted by Crippen LogP contribution is -2.86. The maximum absolute atomic E-state index is 12.5. The minimum absolute atomic E-state index is 0.113. The van der Waals surface area contributed by atoms with E-state index in [1.165, 1.54) is 4.90 Å². The third kappa shape index (κ3) is 5.65. The molecule has 1 heterocycles. The molecule has 0 spiro atoms. The number of hydrogen-bond donors (Lipinski definition) is 2. The smallest absolute Gasteiger partial charge is 0.341 e. The van der Waals surface area contributed by atoms with Crippen molar-refractivity contribution in [3.05, 3.63) is 51.9 Å². The Morgan fingerprint density at radius 3 is 2.45 bits per heavy atom. The second kappa shape index (κ2) is 10.2. The Bertz CT molecular complexity index is 878. The average Bonchev–Trinajstić information content (AvgIpc) is 3.01. The zero-order valence-corrected chi connectivity index (χ0v) is 18.3. The third-order valence-electron chi connectivity index (χ3n) is 4.46. The molecular weight excluding hydrogens is 390 g/mol. The summed E-state index contributed by atoms with van der Waals surface area (Å²) < 4.78 is 5.12. The van der Waals surface area contributed by atoms with E-state index in [4.69, 9.17) is 4.74 Å². The van der Waals surface area contributed by atoms with Crippen molar-refractivity contribution < 1.29 is 24.4 Å². The Hall–Kier alpha value is -2.71. The van der Waals surface area contributed by atoms with Crippen LogP contribution in [0.2, 0.25) is 0 Å². The van der Waals surface area contributed by atoms with Gasteiger partial charge in [-0.2, -0.15) is 0 Å². The second-order valence-corrected chi connectivity index (χ2v) is 7.89. The minimum Gasteiger partial charge on any atom is -0.462 e. The van der Waals surface area contributed by atoms with Gasteiger partial charge in [0.25, 0.3) is 11.8 Å². The highest BCUT2D eigenvalue weighted by atomic mass is 32.1. The SMILES string of the molecule is CCOC(=O)c1c(NC(=O)C[NH2+][C@H](C)c2ccccc2)sc(C(=O)N(C)C)c1C. The number of benzene rings is 1. The van der Waals surface area contributed by atoms with Crippen LogP contribution in [0.3, 0.4) is 0 Å². The summed E-state index contributed by atoms with van der Waals surface area (Å²) >= 11 is 1.10. The number of esters is 1. The molecule has 1 atom stereocenters. The monoisotopic (exact) mass is 418 g/mol. The van der Waals surface area contributed by atoms with Gasteiger partial charge in [0, 0.05) is 19.7 Å². The number of ether oxygens (including phenoxy) is 1. The molecule has 1 aromatic heterocycles. The van der Waals surface area contributed by atoms with Crippen molar-refractivity contribution in [3.63, 3.8) is 0 Å². The number of carbonyl (C=O) groups excluding carboxylic acids is 3. The van der Waals surface area contributed by atoms with Gasteiger partial charge >= 0.3 is 5.97 Å². The molecular formula is C21H28N3O4S+. The van der Waals surface area contributed by atoms with Crippen molar-refractivity contribution in [3.8, 4) is 0 Å². The first-order valence-corrected chi connectivity index (χ1v) is 10.3. The van der Waals surface area contributed by atoms with Crippen molar-refractivity contribution in [1.29, 1.82) is 0 Å². The van der Waals surface area contributed by atoms with Gasteiger partial charge < -0.3 is 20.3 Å². The average molecular weight is 419 g/mol. The van der Waals surface area contributed by atoms with Gasteiger partial charge in [0.15, 0.2) is 6.54 Å². The van der Waals surface area contributed by atoms with Gasteiger partial charge in [-0.25, -0.2) is 4.79 Å². The van der Waals surface area contributed by atoms with Crippen LogP contribution in [0.5, 0.6) is 0 Å². The first kappa shape index (κ1) is 22.6. The Balaban J connectivity index is 2.17. The number of hydrogen-bond acceptors (Lipinski definition) is 5. The highest BCUT2D eigenvalue weighted by Crippen LogP contribution is 2.34. The normalized spacial score (nSPS) is 11.6. The molecule has 2 rings (SSSR count). The zero-order valence-electron chi connectivity index (χ0n) is 17.4. The largest absolute Gasteiger partial charge is 0.462 e. The molecule has 1 aromatic carbocycles. The van der Waals surface area contributed by atoms with Crippen LogP contribution in [0.25, 0.3) is 0 Å². The lowest BCUT2D eigenvalue weighted by molar-refractivity contribution is -0.682. The molecule has 0 aliphatic heterocycles. The summed E-state index contributed by atoms with van der Waals surface area (Å²) in [5, 5.41) is 5.05. The van der Waals surface area contributed by atoms with Crippen LogP contribution in [0, 0.1) is 6.92 Å². The van der Waals surface area contributed by atoms with Crippen LogP contribution in [-0.4, -0.2) is 49.9 Å². The summed E-state index contributed by atoms with van der Waals surface area (Å²) in [5.74, 6) is -1.01. The van der Waals surface area contributed by atoms with Gasteiger partial charge in [0.2, 0.25) is 0 Å². The van der Waals surface area contributed by atoms with Crippen LogP contribution >= 0.6 is 11.3 Å². The quantitative estimate of drug-likeness (QED) is 0.643. The van der Waals surface area contributed by atoms with E-state index in [0.717, 1.165) is 16.9 Å². The van der Waals surface area contributed by atoms with Gasteiger partial charge in [-0.1, -0.05) is 30.3 Å². The molecule has 0 fully saturated rings. The summed E-state index contributed by atoms with van der Waals surface area (Å²) in [6.45, 7) is 5.82. The van der Waals surface area contributed by atoms with Crippen LogP contribution in [0.1, 0.15) is 51.0 Å². The lowest BCUT2D eigenvalue weighted by Gasteiger charge is -2.11. The van der Waals surface area contributed by atoms with Crippen LogP contribution in [-0.2, 0) is 9.53 Å². The maximum Gasteiger partial charge on any atom is 0.341 e. The van der Waals surface area contributed by atoms with Gasteiger partial charge in [0.05, 0.1) is 17.0 Å². The molecule has 0 saturated carbocycles. The molecule has 156 valence electrons. The van der Waals surface area contributed by atoms with E-state index < -0.39 is 5.97 Å². The molecule has 0 saturated heterocycles. The van der Waals surface area contributed by atoms with Gasteiger partial charge in [0.1, 0.15) is 11.0 Å². The molecule has 0 aliphatic rings. The van der Waals surface area contributed by atoms with Crippen LogP contribution < -0.4 is 10.6 Å². The van der Waals surface area contributed by atoms with Crippen molar-refractivity contribution in [2.75, 3.05) is 32.6 Å². The van der Waals surface area contributed by atoms with E-state index in [1.54, 1.807) is 27.9 Å². The molecule has 2 aromatic rings. The Labute approximate surface area is 175 Å². The number of nitrogens with zero attached hydrogens (tertiary/aromatic N) is 1. The van der Waals surface area contributed by atoms with Gasteiger partial charge in [-0.3, -0.25) is 9.59 Å². The molecule has 0 radical (unpaired) electrons. The topological polar surface area (TPSA) is 92.3 Å². The van der Waals surface area contributed by atoms with E-state index in [1.807, 2.05) is 42.6 Å². The van der Waals surface area contributed by atoms with Crippen molar-refractivity contribution in [2.45, 2.75) is 26.8 Å². The first-order valence-electron chi connectivity index (χ1n) is 9.46. The van der Waals surface area contributed by atoms with E-state index >= 15 is 0 Å². The number of carbonyl (C=O) groups is 3. The molecule has 0 unspecified atom stereocenters. The predicted octanol–water partition coefficient (Wildman–Crippen LogP) is 2.20. The van der Waals surface area contributed by atoms with Crippen LogP contribution in [0.4, 0.5) is 5.00 Å². The Morgan fingerprint density at radius 1 is 1.21 bits per heavy atom. The summed E-state index contributed by atoms with van der Waals surface area (Å²) in [5.41, 5.74) is 1.88. The van der Waals surface area contributed by atoms with E-state index in [-0.39, 0.29) is 36.6 Å². The number of nitrogens with one attached hydrogen (secondary N) is 1. The van der Waals surface area contributed by atoms with E-state index in [9.17, 15) is 14.4 Å². The summed E-state index contributed by atoms with van der Waals surface area (Å²) in [6.07, 6.45) is 0. The first-order chi connectivity index (χ1) is 13.8. The minimum atomic E-state index is -0.545. The highest BCUT2D eigenvalue weighted by Gasteiger charge is 2.27. The molecule has 8 heteroatoms. The fourth-order valence-corrected chi connectivity index (χ4v) is 4.04. The number of nitrogens with two attached hydrogens (primary N) is 1. The fourth-order valence-electron chi connectivity index (χ4n) is 2.81. The van der Waals surface area contributed by atoms with Gasteiger partial charge in [-0.15, -0.1) is 11.3 Å². The molecule has 2 amide bonds. The summed E-state index contributed by atoms with van der Waals surface area (Å²) in [4.78, 5) is 39.2. The lowest BCUT2D eigenvalue weighted by atomic mass is 10.1. The molecule has 3 N–H and O–H groups in total. The summed E-state index contributed by atoms with van der Waals surface area (Å²) in [7, 11) is 3.29. The van der Waals surface area contributed by atoms with Crippen molar-refractivity contribution in [2.24, 2.45) is 0 Å². The standard InChI is InChI=1S/C21H27N3O4S/c1-6-28-21(27)17-13(2)18(20(26)24(4)5)29-19(17)23-16(25)12-22-14(3)15-10-8-7-9-11-15/h7-11,14,22H,6,12H2,1-5H3,(H,23,25)/p+1/t14-/m1/s1. The number of rotatable bonds is 8. The summed E-state index contributed by atoms with van der Waals surface area (Å²) in [6, 6.07) is 10.0. The predicted molar refractivity (Wildman–Crippen MR) is 113 cm³/mol.